The van der Waals surface area contributed by atoms with Crippen LogP contribution in [0.5, 0.6) is 0 Å². The summed E-state index contributed by atoms with van der Waals surface area (Å²) in [5.41, 5.74) is -5.80. The summed E-state index contributed by atoms with van der Waals surface area (Å²) in [6.45, 7) is -1.95. The molecule has 1 heterocycles. The van der Waals surface area contributed by atoms with Crippen LogP contribution in [0.25, 0.3) is 0 Å². The number of carbonyl (C=O) groups excluding carboxylic acids is 2. The number of hydrogen-bond acceptors (Lipinski definition) is 6. The highest BCUT2D eigenvalue weighted by molar-refractivity contribution is 7.08. The third kappa shape index (κ3) is 4.13. The van der Waals surface area contributed by atoms with E-state index in [1.165, 1.54) is 16.8 Å². The average Bonchev–Trinajstić information content (AvgIpc) is 2.93. The molecule has 0 fully saturated rings. The first-order valence-electron chi connectivity index (χ1n) is 5.61. The first-order valence-corrected chi connectivity index (χ1v) is 6.56. The molecule has 0 aromatic carbocycles. The van der Waals surface area contributed by atoms with Gasteiger partial charge in [0.15, 0.2) is 5.60 Å². The molecule has 0 atom stereocenters. The fourth-order valence-electron chi connectivity index (χ4n) is 1.23. The van der Waals surface area contributed by atoms with Gasteiger partial charge in [-0.15, -0.1) is 0 Å². The van der Waals surface area contributed by atoms with E-state index >= 15 is 0 Å². The minimum Gasteiger partial charge on any atom is -0.828 e. The normalized spacial score (nSPS) is 12.8. The van der Waals surface area contributed by atoms with Gasteiger partial charge in [0.1, 0.15) is 13.2 Å². The van der Waals surface area contributed by atoms with Gasteiger partial charge in [0.2, 0.25) is 0 Å². The van der Waals surface area contributed by atoms with Crippen LogP contribution in [0.3, 0.4) is 0 Å². The van der Waals surface area contributed by atoms with Gasteiger partial charge in [-0.05, 0) is 11.4 Å². The fourth-order valence-corrected chi connectivity index (χ4v) is 1.85. The van der Waals surface area contributed by atoms with Crippen molar-refractivity contribution in [2.45, 2.75) is 18.0 Å². The second-order valence-electron chi connectivity index (χ2n) is 3.96. The molecule has 0 amide bonds. The molecule has 0 bridgehead atoms. The summed E-state index contributed by atoms with van der Waals surface area (Å²) in [5.74, 6) is -3.98. The summed E-state index contributed by atoms with van der Waals surface area (Å²) in [4.78, 5) is 22.2. The number of halogens is 6. The Morgan fingerprint density at radius 1 is 1.04 bits per heavy atom. The number of alkyl halides is 6. The quantitative estimate of drug-likeness (QED) is 0.451. The van der Waals surface area contributed by atoms with Gasteiger partial charge in [0.05, 0.1) is 5.56 Å². The van der Waals surface area contributed by atoms with Crippen LogP contribution < -0.4 is 5.11 Å². The lowest BCUT2D eigenvalue weighted by atomic mass is 10.0. The second kappa shape index (κ2) is 6.74. The van der Waals surface area contributed by atoms with Crippen molar-refractivity contribution in [1.82, 2.24) is 0 Å². The summed E-state index contributed by atoms with van der Waals surface area (Å²) >= 11 is 1.14. The van der Waals surface area contributed by atoms with Crippen molar-refractivity contribution in [3.05, 3.63) is 22.4 Å². The molecule has 23 heavy (non-hydrogen) atoms. The topological polar surface area (TPSA) is 75.7 Å². The van der Waals surface area contributed by atoms with Crippen LogP contribution in [0.2, 0.25) is 0 Å². The van der Waals surface area contributed by atoms with E-state index in [1.807, 2.05) is 0 Å². The van der Waals surface area contributed by atoms with Gasteiger partial charge in [-0.3, -0.25) is 4.79 Å². The van der Waals surface area contributed by atoms with Crippen LogP contribution in [0.1, 0.15) is 10.4 Å². The molecule has 0 spiro atoms. The van der Waals surface area contributed by atoms with E-state index in [2.05, 4.69) is 9.47 Å². The standard InChI is InChI=1S/C11H7F6O5S/c12-10(13,14)9(20,11(15,16)17)8(19)22-3-2-21-7(18)6-1-4-23-5-6/h1,4-5H,2-3H2/q-1. The zero-order chi connectivity index (χ0) is 17.9. The second-order valence-corrected chi connectivity index (χ2v) is 4.74. The highest BCUT2D eigenvalue weighted by atomic mass is 32.1. The van der Waals surface area contributed by atoms with E-state index in [0.717, 1.165) is 11.3 Å². The largest absolute Gasteiger partial charge is 0.828 e. The third-order valence-corrected chi connectivity index (χ3v) is 3.08. The Bertz CT molecular complexity index is 536. The molecule has 0 N–H and O–H groups in total. The predicted molar refractivity (Wildman–Crippen MR) is 60.4 cm³/mol. The number of rotatable bonds is 5. The molecule has 0 saturated carbocycles. The van der Waals surface area contributed by atoms with E-state index in [4.69, 9.17) is 0 Å². The molecule has 12 heteroatoms. The molecule has 1 aromatic heterocycles. The Morgan fingerprint density at radius 2 is 1.57 bits per heavy atom. The van der Waals surface area contributed by atoms with Crippen LogP contribution in [-0.4, -0.2) is 43.1 Å². The molecule has 0 aliphatic heterocycles. The van der Waals surface area contributed by atoms with Gasteiger partial charge >= 0.3 is 24.3 Å². The van der Waals surface area contributed by atoms with Crippen LogP contribution in [0.4, 0.5) is 26.3 Å². The number of ether oxygens (including phenoxy) is 2. The van der Waals surface area contributed by atoms with E-state index in [1.54, 1.807) is 0 Å². The smallest absolute Gasteiger partial charge is 0.399 e. The summed E-state index contributed by atoms with van der Waals surface area (Å²) in [7, 11) is 0. The lowest BCUT2D eigenvalue weighted by Gasteiger charge is -2.40. The molecule has 1 rings (SSSR count). The van der Waals surface area contributed by atoms with E-state index in [0.29, 0.717) is 0 Å². The molecular weight excluding hydrogens is 358 g/mol. The third-order valence-electron chi connectivity index (χ3n) is 2.39. The number of carbonyl (C=O) groups is 2. The maximum atomic E-state index is 12.3. The zero-order valence-corrected chi connectivity index (χ0v) is 11.7. The Balaban J connectivity index is 2.59. The number of esters is 2. The van der Waals surface area contributed by atoms with Crippen molar-refractivity contribution < 1.29 is 50.5 Å². The molecule has 1 aromatic rings. The van der Waals surface area contributed by atoms with Crippen LogP contribution >= 0.6 is 11.3 Å². The van der Waals surface area contributed by atoms with E-state index in [9.17, 15) is 41.0 Å². The molecule has 0 saturated heterocycles. The van der Waals surface area contributed by atoms with Crippen molar-refractivity contribution in [3.8, 4) is 0 Å². The maximum Gasteiger partial charge on any atom is 0.399 e. The Hall–Kier alpha value is -1.82. The van der Waals surface area contributed by atoms with Gasteiger partial charge in [0, 0.05) is 5.38 Å². The highest BCUT2D eigenvalue weighted by Gasteiger charge is 2.68. The molecule has 0 aliphatic rings. The van der Waals surface area contributed by atoms with Crippen LogP contribution in [-0.2, 0) is 14.3 Å². The van der Waals surface area contributed by atoms with Crippen LogP contribution in [0, 0.1) is 0 Å². The van der Waals surface area contributed by atoms with Crippen molar-refractivity contribution in [1.29, 1.82) is 0 Å². The summed E-state index contributed by atoms with van der Waals surface area (Å²) in [5, 5.41) is 13.8. The lowest BCUT2D eigenvalue weighted by Crippen LogP contribution is -2.71. The van der Waals surface area contributed by atoms with Crippen molar-refractivity contribution in [3.63, 3.8) is 0 Å². The van der Waals surface area contributed by atoms with Crippen LogP contribution in [0.15, 0.2) is 16.8 Å². The molecule has 0 radical (unpaired) electrons. The molecule has 5 nitrogen and oxygen atoms in total. The minimum absolute atomic E-state index is 0.102. The first-order chi connectivity index (χ1) is 10.4. The van der Waals surface area contributed by atoms with Crippen molar-refractivity contribution in [2.75, 3.05) is 13.2 Å². The summed E-state index contributed by atoms with van der Waals surface area (Å²) in [6, 6.07) is 1.36. The van der Waals surface area contributed by atoms with Gasteiger partial charge in [-0.25, -0.2) is 4.79 Å². The highest BCUT2D eigenvalue weighted by Crippen LogP contribution is 2.41. The fraction of sp³-hybridized carbons (Fsp3) is 0.455. The molecule has 130 valence electrons. The molecule has 0 unspecified atom stereocenters. The maximum absolute atomic E-state index is 12.3. The van der Waals surface area contributed by atoms with Gasteiger partial charge in [-0.1, -0.05) is 0 Å². The first kappa shape index (κ1) is 19.2. The molecule has 0 aliphatic carbocycles. The van der Waals surface area contributed by atoms with Gasteiger partial charge in [-0.2, -0.15) is 37.7 Å². The number of hydrogen-bond donors (Lipinski definition) is 0. The average molecular weight is 365 g/mol. The summed E-state index contributed by atoms with van der Waals surface area (Å²) in [6.07, 6.45) is -12.9. The number of thiophene rings is 1. The Labute approximate surface area is 128 Å². The summed E-state index contributed by atoms with van der Waals surface area (Å²) < 4.78 is 81.6. The Kier molecular flexibility index (Phi) is 5.64. The van der Waals surface area contributed by atoms with Gasteiger partial charge < -0.3 is 14.6 Å². The predicted octanol–water partition coefficient (Wildman–Crippen LogP) is 1.67. The zero-order valence-electron chi connectivity index (χ0n) is 10.9. The van der Waals surface area contributed by atoms with E-state index in [-0.39, 0.29) is 5.56 Å². The Morgan fingerprint density at radius 3 is 2.00 bits per heavy atom. The van der Waals surface area contributed by atoms with E-state index < -0.39 is 43.1 Å². The van der Waals surface area contributed by atoms with Gasteiger partial charge in [0.25, 0.3) is 0 Å². The molecular formula is C11H7F6O5S-. The lowest BCUT2D eigenvalue weighted by molar-refractivity contribution is -0.574. The van der Waals surface area contributed by atoms with Crippen molar-refractivity contribution >= 4 is 23.3 Å². The minimum atomic E-state index is -6.43. The van der Waals surface area contributed by atoms with Crippen molar-refractivity contribution in [2.24, 2.45) is 0 Å². The monoisotopic (exact) mass is 365 g/mol. The SMILES string of the molecule is O=C(OCCOC(=O)C([O-])(C(F)(F)F)C(F)(F)F)c1ccsc1.